The van der Waals surface area contributed by atoms with Crippen molar-refractivity contribution in [2.75, 3.05) is 19.8 Å². The summed E-state index contributed by atoms with van der Waals surface area (Å²) in [7, 11) is 0. The Kier molecular flexibility index (Phi) is 7.29. The van der Waals surface area contributed by atoms with E-state index in [9.17, 15) is 9.90 Å². The van der Waals surface area contributed by atoms with Crippen LogP contribution in [0.2, 0.25) is 0 Å². The summed E-state index contributed by atoms with van der Waals surface area (Å²) in [6, 6.07) is 0. The number of esters is 1. The lowest BCUT2D eigenvalue weighted by atomic mass is 10.0. The second-order valence-electron chi connectivity index (χ2n) is 4.40. The molecular weight excluding hydrogens is 210 g/mol. The summed E-state index contributed by atoms with van der Waals surface area (Å²) in [5.41, 5.74) is -0.246. The third kappa shape index (κ3) is 7.62. The van der Waals surface area contributed by atoms with E-state index < -0.39 is 12.1 Å². The molecule has 0 rings (SSSR count). The maximum absolute atomic E-state index is 11.1. The number of hydrogen-bond acceptors (Lipinski definition) is 5. The molecule has 3 N–H and O–H groups in total. The van der Waals surface area contributed by atoms with Crippen molar-refractivity contribution in [1.29, 1.82) is 0 Å². The SMILES string of the molecule is CCOC(=O)CC(O)CNC(C)(C)CCO. The molecule has 5 nitrogen and oxygen atoms in total. The minimum atomic E-state index is -0.753. The van der Waals surface area contributed by atoms with Gasteiger partial charge in [0, 0.05) is 18.7 Å². The number of rotatable bonds is 8. The standard InChI is InChI=1S/C11H23NO4/c1-4-16-10(15)7-9(14)8-12-11(2,3)5-6-13/h9,12-14H,4-8H2,1-3H3. The molecule has 0 aliphatic carbocycles. The zero-order valence-corrected chi connectivity index (χ0v) is 10.3. The summed E-state index contributed by atoms with van der Waals surface area (Å²) in [6.07, 6.45) is -0.160. The van der Waals surface area contributed by atoms with Gasteiger partial charge in [-0.15, -0.1) is 0 Å². The normalized spacial score (nSPS) is 13.6. The van der Waals surface area contributed by atoms with Crippen molar-refractivity contribution in [3.63, 3.8) is 0 Å². The van der Waals surface area contributed by atoms with Crippen LogP contribution in [0.25, 0.3) is 0 Å². The van der Waals surface area contributed by atoms with E-state index in [1.807, 2.05) is 13.8 Å². The van der Waals surface area contributed by atoms with E-state index in [-0.39, 0.29) is 18.6 Å². The summed E-state index contributed by atoms with van der Waals surface area (Å²) >= 11 is 0. The van der Waals surface area contributed by atoms with Gasteiger partial charge in [0.1, 0.15) is 0 Å². The largest absolute Gasteiger partial charge is 0.466 e. The lowest BCUT2D eigenvalue weighted by Crippen LogP contribution is -2.44. The minimum Gasteiger partial charge on any atom is -0.466 e. The third-order valence-corrected chi connectivity index (χ3v) is 2.26. The molecule has 0 spiro atoms. The number of hydrogen-bond donors (Lipinski definition) is 3. The topological polar surface area (TPSA) is 78.8 Å². The first kappa shape index (κ1) is 15.3. The van der Waals surface area contributed by atoms with Crippen LogP contribution < -0.4 is 5.32 Å². The van der Waals surface area contributed by atoms with Crippen molar-refractivity contribution in [3.05, 3.63) is 0 Å². The monoisotopic (exact) mass is 233 g/mol. The van der Waals surface area contributed by atoms with Crippen LogP contribution in [0, 0.1) is 0 Å². The molecular formula is C11H23NO4. The van der Waals surface area contributed by atoms with Gasteiger partial charge >= 0.3 is 5.97 Å². The Morgan fingerprint density at radius 2 is 2.12 bits per heavy atom. The molecule has 0 fully saturated rings. The van der Waals surface area contributed by atoms with Gasteiger partial charge in [-0.3, -0.25) is 4.79 Å². The quantitative estimate of drug-likeness (QED) is 0.516. The molecule has 0 bridgehead atoms. The smallest absolute Gasteiger partial charge is 0.308 e. The zero-order chi connectivity index (χ0) is 12.6. The van der Waals surface area contributed by atoms with Crippen LogP contribution >= 0.6 is 0 Å². The highest BCUT2D eigenvalue weighted by molar-refractivity contribution is 5.69. The molecule has 0 amide bonds. The van der Waals surface area contributed by atoms with Gasteiger partial charge in [0.2, 0.25) is 0 Å². The predicted molar refractivity (Wildman–Crippen MR) is 61.0 cm³/mol. The van der Waals surface area contributed by atoms with E-state index in [1.54, 1.807) is 6.92 Å². The second-order valence-corrected chi connectivity index (χ2v) is 4.40. The van der Waals surface area contributed by atoms with Crippen LogP contribution in [0.3, 0.4) is 0 Å². The van der Waals surface area contributed by atoms with Crippen LogP contribution in [0.4, 0.5) is 0 Å². The summed E-state index contributed by atoms with van der Waals surface area (Å²) in [5, 5.41) is 21.4. The van der Waals surface area contributed by atoms with Gasteiger partial charge in [-0.2, -0.15) is 0 Å². The first-order valence-corrected chi connectivity index (χ1v) is 5.61. The van der Waals surface area contributed by atoms with Crippen LogP contribution in [-0.2, 0) is 9.53 Å². The van der Waals surface area contributed by atoms with E-state index in [0.29, 0.717) is 19.6 Å². The van der Waals surface area contributed by atoms with E-state index in [0.717, 1.165) is 0 Å². The van der Waals surface area contributed by atoms with Gasteiger partial charge in [0.25, 0.3) is 0 Å². The Hall–Kier alpha value is -0.650. The molecule has 0 saturated heterocycles. The molecule has 0 radical (unpaired) electrons. The van der Waals surface area contributed by atoms with E-state index in [2.05, 4.69) is 5.32 Å². The van der Waals surface area contributed by atoms with Crippen molar-refractivity contribution >= 4 is 5.97 Å². The minimum absolute atomic E-state index is 0.00392. The maximum Gasteiger partial charge on any atom is 0.308 e. The van der Waals surface area contributed by atoms with Crippen molar-refractivity contribution in [2.24, 2.45) is 0 Å². The highest BCUT2D eigenvalue weighted by Crippen LogP contribution is 2.07. The summed E-state index contributed by atoms with van der Waals surface area (Å²) < 4.78 is 4.73. The van der Waals surface area contributed by atoms with E-state index in [1.165, 1.54) is 0 Å². The number of ether oxygens (including phenoxy) is 1. The van der Waals surface area contributed by atoms with E-state index in [4.69, 9.17) is 9.84 Å². The van der Waals surface area contributed by atoms with Crippen LogP contribution in [0.5, 0.6) is 0 Å². The van der Waals surface area contributed by atoms with Gasteiger partial charge in [-0.05, 0) is 27.2 Å². The lowest BCUT2D eigenvalue weighted by Gasteiger charge is -2.26. The van der Waals surface area contributed by atoms with Gasteiger partial charge < -0.3 is 20.3 Å². The van der Waals surface area contributed by atoms with Crippen LogP contribution in [0.15, 0.2) is 0 Å². The number of nitrogens with one attached hydrogen (secondary N) is 1. The summed E-state index contributed by atoms with van der Waals surface area (Å²) in [6.45, 7) is 6.32. The van der Waals surface area contributed by atoms with Crippen molar-refractivity contribution in [2.45, 2.75) is 45.3 Å². The number of aliphatic hydroxyl groups is 2. The molecule has 0 saturated carbocycles. The zero-order valence-electron chi connectivity index (χ0n) is 10.3. The number of aliphatic hydroxyl groups excluding tert-OH is 2. The summed E-state index contributed by atoms with van der Waals surface area (Å²) in [5.74, 6) is -0.392. The number of carbonyl (C=O) groups excluding carboxylic acids is 1. The Balaban J connectivity index is 3.79. The highest BCUT2D eigenvalue weighted by atomic mass is 16.5. The molecule has 0 heterocycles. The molecule has 0 aromatic rings. The number of carbonyl (C=O) groups is 1. The molecule has 0 aromatic heterocycles. The summed E-state index contributed by atoms with van der Waals surface area (Å²) in [4.78, 5) is 11.1. The molecule has 96 valence electrons. The second kappa shape index (κ2) is 7.60. The molecule has 16 heavy (non-hydrogen) atoms. The Bertz CT molecular complexity index is 206. The van der Waals surface area contributed by atoms with Gasteiger partial charge in [0.05, 0.1) is 19.1 Å². The molecule has 5 heteroatoms. The fourth-order valence-electron chi connectivity index (χ4n) is 1.25. The van der Waals surface area contributed by atoms with Crippen LogP contribution in [0.1, 0.15) is 33.6 Å². The Morgan fingerprint density at radius 3 is 2.62 bits per heavy atom. The average molecular weight is 233 g/mol. The predicted octanol–water partition coefficient (Wildman–Crippen LogP) is 0.0511. The Labute approximate surface area is 96.8 Å². The van der Waals surface area contributed by atoms with Gasteiger partial charge in [-0.1, -0.05) is 0 Å². The molecule has 0 aromatic carbocycles. The van der Waals surface area contributed by atoms with Gasteiger partial charge in [-0.25, -0.2) is 0 Å². The molecule has 0 aliphatic rings. The van der Waals surface area contributed by atoms with Crippen molar-refractivity contribution < 1.29 is 19.7 Å². The fraction of sp³-hybridized carbons (Fsp3) is 0.909. The molecule has 1 unspecified atom stereocenters. The van der Waals surface area contributed by atoms with Crippen LogP contribution in [-0.4, -0.2) is 47.6 Å². The average Bonchev–Trinajstić information content (AvgIpc) is 2.15. The molecule has 1 atom stereocenters. The fourth-order valence-corrected chi connectivity index (χ4v) is 1.25. The number of β-amino-alcohol motifs (C(OH)–C–C–N with tert-alkyl or cyclic N) is 1. The molecule has 0 aliphatic heterocycles. The first-order valence-electron chi connectivity index (χ1n) is 5.61. The van der Waals surface area contributed by atoms with E-state index >= 15 is 0 Å². The third-order valence-electron chi connectivity index (χ3n) is 2.26. The Morgan fingerprint density at radius 1 is 1.50 bits per heavy atom. The maximum atomic E-state index is 11.1. The van der Waals surface area contributed by atoms with Gasteiger partial charge in [0.15, 0.2) is 0 Å². The van der Waals surface area contributed by atoms with Crippen molar-refractivity contribution in [1.82, 2.24) is 5.32 Å². The lowest BCUT2D eigenvalue weighted by molar-refractivity contribution is -0.145. The highest BCUT2D eigenvalue weighted by Gasteiger charge is 2.19. The first-order chi connectivity index (χ1) is 7.41. The van der Waals surface area contributed by atoms with Crippen molar-refractivity contribution in [3.8, 4) is 0 Å².